The molecular formula is C19H27N5O3. The van der Waals surface area contributed by atoms with Gasteiger partial charge in [-0.1, -0.05) is 0 Å². The number of β-amino-alcohol motifs (C(OH)–C–C–N with tert-alkyl or cyclic N) is 1. The van der Waals surface area contributed by atoms with Crippen LogP contribution in [-0.2, 0) is 0 Å². The molecule has 2 heterocycles. The zero-order chi connectivity index (χ0) is 19.4. The highest BCUT2D eigenvalue weighted by Gasteiger charge is 2.29. The molecule has 0 radical (unpaired) electrons. The highest BCUT2D eigenvalue weighted by atomic mass is 16.5. The first-order valence-electron chi connectivity index (χ1n) is 8.96. The van der Waals surface area contributed by atoms with E-state index < -0.39 is 0 Å². The van der Waals surface area contributed by atoms with Gasteiger partial charge in [-0.15, -0.1) is 0 Å². The summed E-state index contributed by atoms with van der Waals surface area (Å²) in [4.78, 5) is 10.9. The van der Waals surface area contributed by atoms with Crippen molar-refractivity contribution in [3.8, 4) is 11.5 Å². The van der Waals surface area contributed by atoms with Gasteiger partial charge in [0.1, 0.15) is 5.82 Å². The van der Waals surface area contributed by atoms with E-state index in [1.807, 2.05) is 45.3 Å². The third-order valence-electron chi connectivity index (χ3n) is 4.57. The van der Waals surface area contributed by atoms with Crippen molar-refractivity contribution >= 4 is 17.5 Å². The van der Waals surface area contributed by atoms with Crippen LogP contribution in [0, 0.1) is 12.8 Å². The van der Waals surface area contributed by atoms with Crippen molar-refractivity contribution < 1.29 is 14.6 Å². The van der Waals surface area contributed by atoms with E-state index in [1.165, 1.54) is 0 Å². The summed E-state index contributed by atoms with van der Waals surface area (Å²) in [6.07, 6.45) is -0.372. The van der Waals surface area contributed by atoms with Crippen LogP contribution in [0.4, 0.5) is 17.5 Å². The Kier molecular flexibility index (Phi) is 5.98. The lowest BCUT2D eigenvalue weighted by atomic mass is 10.1. The molecular weight excluding hydrogens is 346 g/mol. The van der Waals surface area contributed by atoms with Crippen LogP contribution in [0.5, 0.6) is 11.5 Å². The molecule has 1 aliphatic heterocycles. The van der Waals surface area contributed by atoms with Crippen molar-refractivity contribution in [3.63, 3.8) is 0 Å². The number of hydrogen-bond acceptors (Lipinski definition) is 8. The maximum atomic E-state index is 10.1. The molecule has 1 aliphatic rings. The minimum absolute atomic E-state index is 0.0783. The van der Waals surface area contributed by atoms with Crippen molar-refractivity contribution in [2.24, 2.45) is 5.92 Å². The van der Waals surface area contributed by atoms with Gasteiger partial charge in [0.05, 0.1) is 19.8 Å². The Bertz CT molecular complexity index is 786. The molecule has 3 N–H and O–H groups in total. The predicted molar refractivity (Wildman–Crippen MR) is 105 cm³/mol. The summed E-state index contributed by atoms with van der Waals surface area (Å²) in [5, 5.41) is 16.3. The molecule has 0 bridgehead atoms. The summed E-state index contributed by atoms with van der Waals surface area (Å²) in [5.41, 5.74) is 1.66. The Morgan fingerprint density at radius 3 is 2.70 bits per heavy atom. The number of aromatic nitrogens is 2. The number of methoxy groups -OCH3 is 1. The summed E-state index contributed by atoms with van der Waals surface area (Å²) in [6.45, 7) is 3.83. The van der Waals surface area contributed by atoms with Gasteiger partial charge in [0.2, 0.25) is 5.95 Å². The molecule has 0 aliphatic carbocycles. The normalized spacial score (nSPS) is 19.7. The molecule has 2 aromatic rings. The van der Waals surface area contributed by atoms with Gasteiger partial charge in [0.15, 0.2) is 11.5 Å². The number of benzene rings is 1. The number of aryl methyl sites for hydroxylation is 1. The first kappa shape index (κ1) is 19.2. The van der Waals surface area contributed by atoms with Crippen molar-refractivity contribution in [3.05, 3.63) is 30.0 Å². The van der Waals surface area contributed by atoms with E-state index in [-0.39, 0.29) is 12.0 Å². The molecule has 0 saturated carbocycles. The van der Waals surface area contributed by atoms with E-state index in [2.05, 4.69) is 25.5 Å². The molecule has 1 fully saturated rings. The number of hydrogen-bond donors (Lipinski definition) is 3. The van der Waals surface area contributed by atoms with Gasteiger partial charge in [-0.3, -0.25) is 0 Å². The number of nitrogens with zero attached hydrogens (tertiary/aromatic N) is 3. The van der Waals surface area contributed by atoms with Gasteiger partial charge < -0.3 is 30.1 Å². The Morgan fingerprint density at radius 1 is 1.22 bits per heavy atom. The lowest BCUT2D eigenvalue weighted by molar-refractivity contribution is 0.110. The molecule has 8 heteroatoms. The smallest absolute Gasteiger partial charge is 0.229 e. The van der Waals surface area contributed by atoms with Gasteiger partial charge in [0, 0.05) is 49.6 Å². The lowest BCUT2D eigenvalue weighted by Crippen LogP contribution is -2.24. The minimum atomic E-state index is -0.372. The highest BCUT2D eigenvalue weighted by Crippen LogP contribution is 2.32. The van der Waals surface area contributed by atoms with Crippen molar-refractivity contribution in [2.45, 2.75) is 13.0 Å². The van der Waals surface area contributed by atoms with Gasteiger partial charge in [-0.25, -0.2) is 4.98 Å². The average Bonchev–Trinajstić information content (AvgIpc) is 2.96. The fraction of sp³-hybridized carbons (Fsp3) is 0.474. The van der Waals surface area contributed by atoms with Gasteiger partial charge in [0.25, 0.3) is 0 Å². The first-order chi connectivity index (χ1) is 13.0. The Labute approximate surface area is 159 Å². The second-order valence-corrected chi connectivity index (χ2v) is 6.82. The monoisotopic (exact) mass is 373 g/mol. The summed E-state index contributed by atoms with van der Waals surface area (Å²) < 4.78 is 11.4. The van der Waals surface area contributed by atoms with Crippen molar-refractivity contribution in [2.75, 3.05) is 51.5 Å². The number of ether oxygens (including phenoxy) is 2. The Morgan fingerprint density at radius 2 is 2.04 bits per heavy atom. The fourth-order valence-corrected chi connectivity index (χ4v) is 3.17. The molecule has 0 unspecified atom stereocenters. The second-order valence-electron chi connectivity index (χ2n) is 6.82. The third kappa shape index (κ3) is 4.78. The molecule has 1 aromatic heterocycles. The number of nitrogens with one attached hydrogen (secondary N) is 2. The number of rotatable bonds is 7. The molecule has 146 valence electrons. The van der Waals surface area contributed by atoms with Crippen LogP contribution in [0.2, 0.25) is 0 Å². The van der Waals surface area contributed by atoms with Crippen molar-refractivity contribution in [1.82, 2.24) is 14.9 Å². The number of likely N-dealkylation sites (N-methyl/N-ethyl adjacent to an activating group) is 1. The SMILES string of the molecule is CNc1cc(C)nc(Nc2ccc(OC)c(OC[C@@H]3CN(C)C[C@H]3O)c2)n1. The zero-order valence-corrected chi connectivity index (χ0v) is 16.2. The summed E-state index contributed by atoms with van der Waals surface area (Å²) in [7, 11) is 5.42. The van der Waals surface area contributed by atoms with Crippen LogP contribution in [-0.4, -0.2) is 67.0 Å². The third-order valence-corrected chi connectivity index (χ3v) is 4.57. The Balaban J connectivity index is 1.74. The fourth-order valence-electron chi connectivity index (χ4n) is 3.17. The number of aliphatic hydroxyl groups is 1. The average molecular weight is 373 g/mol. The molecule has 1 aromatic carbocycles. The molecule has 8 nitrogen and oxygen atoms in total. The molecule has 3 rings (SSSR count). The van der Waals surface area contributed by atoms with E-state index in [9.17, 15) is 5.11 Å². The topological polar surface area (TPSA) is 91.8 Å². The standard InChI is InChI=1S/C19H27N5O3/c1-12-7-18(20-2)23-19(21-12)22-14-5-6-16(26-4)17(8-14)27-11-13-9-24(3)10-15(13)25/h5-8,13,15,25H,9-11H2,1-4H3,(H2,20,21,22,23)/t13-,15+/m0/s1. The second kappa shape index (κ2) is 8.41. The van der Waals surface area contributed by atoms with Crippen LogP contribution in [0.1, 0.15) is 5.69 Å². The predicted octanol–water partition coefficient (Wildman–Crippen LogP) is 1.88. The van der Waals surface area contributed by atoms with E-state index in [0.717, 1.165) is 23.7 Å². The van der Waals surface area contributed by atoms with Gasteiger partial charge in [-0.2, -0.15) is 4.98 Å². The number of aliphatic hydroxyl groups excluding tert-OH is 1. The van der Waals surface area contributed by atoms with Crippen LogP contribution in [0.3, 0.4) is 0 Å². The Hall–Kier alpha value is -2.58. The molecule has 1 saturated heterocycles. The summed E-state index contributed by atoms with van der Waals surface area (Å²) in [5.74, 6) is 2.58. The van der Waals surface area contributed by atoms with E-state index in [1.54, 1.807) is 7.11 Å². The van der Waals surface area contributed by atoms with Gasteiger partial charge in [-0.05, 0) is 26.1 Å². The van der Waals surface area contributed by atoms with Crippen LogP contribution in [0.25, 0.3) is 0 Å². The molecule has 0 amide bonds. The maximum Gasteiger partial charge on any atom is 0.229 e. The summed E-state index contributed by atoms with van der Waals surface area (Å²) >= 11 is 0. The van der Waals surface area contributed by atoms with Crippen molar-refractivity contribution in [1.29, 1.82) is 0 Å². The molecule has 0 spiro atoms. The molecule has 27 heavy (non-hydrogen) atoms. The van der Waals surface area contributed by atoms with E-state index in [4.69, 9.17) is 9.47 Å². The highest BCUT2D eigenvalue weighted by molar-refractivity contribution is 5.60. The summed E-state index contributed by atoms with van der Waals surface area (Å²) in [6, 6.07) is 7.45. The molecule has 2 atom stereocenters. The largest absolute Gasteiger partial charge is 0.493 e. The van der Waals surface area contributed by atoms with E-state index in [0.29, 0.717) is 30.6 Å². The lowest BCUT2D eigenvalue weighted by Gasteiger charge is -2.17. The number of likely N-dealkylation sites (tertiary alicyclic amines) is 1. The first-order valence-corrected chi connectivity index (χ1v) is 8.96. The number of anilines is 3. The van der Waals surface area contributed by atoms with Gasteiger partial charge >= 0.3 is 0 Å². The quantitative estimate of drug-likeness (QED) is 0.678. The maximum absolute atomic E-state index is 10.1. The zero-order valence-electron chi connectivity index (χ0n) is 16.2. The van der Waals surface area contributed by atoms with E-state index >= 15 is 0 Å². The van der Waals surface area contributed by atoms with Crippen LogP contribution < -0.4 is 20.1 Å². The minimum Gasteiger partial charge on any atom is -0.493 e. The van der Waals surface area contributed by atoms with Crippen LogP contribution in [0.15, 0.2) is 24.3 Å². The van der Waals surface area contributed by atoms with Crippen LogP contribution >= 0.6 is 0 Å².